The van der Waals surface area contributed by atoms with Gasteiger partial charge in [-0.1, -0.05) is 6.92 Å². The number of nitrogens with one attached hydrogen (secondary N) is 2. The lowest BCUT2D eigenvalue weighted by atomic mass is 10.1. The van der Waals surface area contributed by atoms with Crippen molar-refractivity contribution < 1.29 is 9.13 Å². The molecule has 1 aliphatic heterocycles. The van der Waals surface area contributed by atoms with Crippen molar-refractivity contribution in [3.8, 4) is 11.6 Å². The Kier molecular flexibility index (Phi) is 5.48. The molecule has 10 heteroatoms. The highest BCUT2D eigenvalue weighted by Gasteiger charge is 2.32. The quantitative estimate of drug-likeness (QED) is 0.433. The molecule has 1 atom stereocenters. The van der Waals surface area contributed by atoms with Gasteiger partial charge in [-0.05, 0) is 31.2 Å². The number of anilines is 5. The Morgan fingerprint density at radius 1 is 1.12 bits per heavy atom. The molecule has 0 aliphatic carbocycles. The molecule has 4 aromatic rings. The lowest BCUT2D eigenvalue weighted by Gasteiger charge is -2.20. The molecule has 0 bridgehead atoms. The van der Waals surface area contributed by atoms with Gasteiger partial charge in [0, 0.05) is 43.0 Å². The molecule has 1 unspecified atom stereocenters. The number of ether oxygens (including phenoxy) is 1. The zero-order valence-electron chi connectivity index (χ0n) is 19.4. The van der Waals surface area contributed by atoms with E-state index in [9.17, 15) is 4.39 Å². The van der Waals surface area contributed by atoms with Gasteiger partial charge in [-0.2, -0.15) is 9.97 Å². The van der Waals surface area contributed by atoms with E-state index in [0.717, 1.165) is 35.1 Å². The Labute approximate surface area is 196 Å². The van der Waals surface area contributed by atoms with Crippen LogP contribution in [0.1, 0.15) is 24.1 Å². The van der Waals surface area contributed by atoms with Crippen LogP contribution in [0.5, 0.6) is 5.75 Å². The highest BCUT2D eigenvalue weighted by Crippen LogP contribution is 2.43. The average molecular weight is 461 g/mol. The molecule has 0 radical (unpaired) electrons. The summed E-state index contributed by atoms with van der Waals surface area (Å²) >= 11 is 0. The first-order valence-corrected chi connectivity index (χ1v) is 10.9. The maximum absolute atomic E-state index is 13.5. The molecule has 0 saturated heterocycles. The van der Waals surface area contributed by atoms with Crippen molar-refractivity contribution in [2.24, 2.45) is 0 Å². The second kappa shape index (κ2) is 8.62. The van der Waals surface area contributed by atoms with Crippen molar-refractivity contribution in [1.29, 1.82) is 0 Å². The smallest absolute Gasteiger partial charge is 0.231 e. The van der Waals surface area contributed by atoms with Crippen LogP contribution in [0.25, 0.3) is 5.82 Å². The number of aromatic nitrogens is 5. The number of hydrogen-bond donors (Lipinski definition) is 2. The molecule has 2 N–H and O–H groups in total. The van der Waals surface area contributed by atoms with Gasteiger partial charge in [0.05, 0.1) is 24.7 Å². The third-order valence-electron chi connectivity index (χ3n) is 5.77. The molecule has 1 aliphatic rings. The van der Waals surface area contributed by atoms with Crippen molar-refractivity contribution in [2.45, 2.75) is 19.8 Å². The van der Waals surface area contributed by atoms with Crippen LogP contribution in [0.2, 0.25) is 0 Å². The zero-order chi connectivity index (χ0) is 23.8. The van der Waals surface area contributed by atoms with Crippen LogP contribution in [-0.2, 0) is 0 Å². The molecular weight excluding hydrogens is 435 g/mol. The maximum atomic E-state index is 13.5. The summed E-state index contributed by atoms with van der Waals surface area (Å²) in [5.74, 6) is 3.10. The van der Waals surface area contributed by atoms with E-state index in [0.29, 0.717) is 23.2 Å². The van der Waals surface area contributed by atoms with Gasteiger partial charge in [-0.25, -0.2) is 14.4 Å². The lowest BCUT2D eigenvalue weighted by molar-refractivity contribution is 0.411. The van der Waals surface area contributed by atoms with Crippen LogP contribution in [-0.4, -0.2) is 45.2 Å². The summed E-state index contributed by atoms with van der Waals surface area (Å²) in [7, 11) is 3.44. The molecular formula is C24H25FN8O. The summed E-state index contributed by atoms with van der Waals surface area (Å²) in [6.07, 6.45) is 5.27. The maximum Gasteiger partial charge on any atom is 0.231 e. The highest BCUT2D eigenvalue weighted by molar-refractivity contribution is 5.75. The van der Waals surface area contributed by atoms with Gasteiger partial charge in [-0.15, -0.1) is 0 Å². The minimum absolute atomic E-state index is 0.205. The number of nitrogens with zero attached hydrogens (tertiary/aromatic N) is 6. The molecule has 0 spiro atoms. The van der Waals surface area contributed by atoms with E-state index in [1.165, 1.54) is 12.1 Å². The van der Waals surface area contributed by atoms with E-state index < -0.39 is 0 Å². The molecule has 0 fully saturated rings. The van der Waals surface area contributed by atoms with Crippen LogP contribution in [0.4, 0.5) is 33.3 Å². The molecule has 5 rings (SSSR count). The van der Waals surface area contributed by atoms with Crippen LogP contribution in [0, 0.1) is 12.7 Å². The van der Waals surface area contributed by atoms with Gasteiger partial charge in [0.1, 0.15) is 23.8 Å². The fourth-order valence-electron chi connectivity index (χ4n) is 4.18. The van der Waals surface area contributed by atoms with Crippen molar-refractivity contribution in [3.05, 3.63) is 66.1 Å². The summed E-state index contributed by atoms with van der Waals surface area (Å²) in [4.78, 5) is 20.4. The van der Waals surface area contributed by atoms with Crippen molar-refractivity contribution >= 4 is 29.0 Å². The first kappa shape index (κ1) is 21.6. The fourth-order valence-corrected chi connectivity index (χ4v) is 4.18. The number of methoxy groups -OCH3 is 1. The molecule has 0 saturated carbocycles. The molecule has 1 aromatic carbocycles. The van der Waals surface area contributed by atoms with Crippen molar-refractivity contribution in [2.75, 3.05) is 36.2 Å². The Morgan fingerprint density at radius 3 is 2.59 bits per heavy atom. The topological polar surface area (TPSA) is 93.0 Å². The summed E-state index contributed by atoms with van der Waals surface area (Å²) in [5.41, 5.74) is 3.47. The second-order valence-corrected chi connectivity index (χ2v) is 8.17. The minimum Gasteiger partial charge on any atom is -0.493 e. The minimum atomic E-state index is -0.270. The van der Waals surface area contributed by atoms with Gasteiger partial charge in [-0.3, -0.25) is 4.57 Å². The number of aryl methyl sites for hydroxylation is 1. The van der Waals surface area contributed by atoms with Crippen LogP contribution in [0.15, 0.2) is 49.1 Å². The van der Waals surface area contributed by atoms with Gasteiger partial charge in [0.2, 0.25) is 5.95 Å². The van der Waals surface area contributed by atoms with Crippen molar-refractivity contribution in [3.63, 3.8) is 0 Å². The molecule has 174 valence electrons. The summed E-state index contributed by atoms with van der Waals surface area (Å²) in [6, 6.07) is 8.28. The largest absolute Gasteiger partial charge is 0.493 e. The monoisotopic (exact) mass is 460 g/mol. The third kappa shape index (κ3) is 3.87. The van der Waals surface area contributed by atoms with E-state index in [-0.39, 0.29) is 11.7 Å². The van der Waals surface area contributed by atoms with Crippen LogP contribution >= 0.6 is 0 Å². The van der Waals surface area contributed by atoms with E-state index in [4.69, 9.17) is 9.72 Å². The average Bonchev–Trinajstić information content (AvgIpc) is 3.42. The number of fused-ring (bicyclic) bond motifs is 1. The normalized spacial score (nSPS) is 14.7. The molecule has 4 heterocycles. The summed E-state index contributed by atoms with van der Waals surface area (Å²) < 4.78 is 20.9. The van der Waals surface area contributed by atoms with Gasteiger partial charge in [0.25, 0.3) is 0 Å². The molecule has 34 heavy (non-hydrogen) atoms. The Hall–Kier alpha value is -4.21. The Bertz CT molecular complexity index is 1340. The summed E-state index contributed by atoms with van der Waals surface area (Å²) in [5, 5.41) is 6.44. The van der Waals surface area contributed by atoms with E-state index >= 15 is 0 Å². The van der Waals surface area contributed by atoms with Gasteiger partial charge < -0.3 is 20.3 Å². The number of benzene rings is 1. The Morgan fingerprint density at radius 2 is 1.91 bits per heavy atom. The van der Waals surface area contributed by atoms with Gasteiger partial charge >= 0.3 is 0 Å². The lowest BCUT2D eigenvalue weighted by Crippen LogP contribution is -2.16. The predicted molar refractivity (Wildman–Crippen MR) is 129 cm³/mol. The van der Waals surface area contributed by atoms with E-state index in [1.54, 1.807) is 31.8 Å². The van der Waals surface area contributed by atoms with E-state index in [1.807, 2.05) is 30.8 Å². The number of pyridine rings is 1. The number of rotatable bonds is 6. The van der Waals surface area contributed by atoms with Gasteiger partial charge in [0.15, 0.2) is 11.6 Å². The fraction of sp³-hybridized carbons (Fsp3) is 0.250. The number of halogens is 1. The Balaban J connectivity index is 1.50. The van der Waals surface area contributed by atoms with E-state index in [2.05, 4.69) is 37.4 Å². The first-order valence-electron chi connectivity index (χ1n) is 10.9. The standard InChI is InChI=1S/C24H25FN8O/c1-14-11-33(18-7-5-16(25)6-8-18)23-20(14)21(26-3)30-24(31-23)29-17-9-19(34-4)22(27-10-17)32-12-15(2)28-13-32/h5-10,12-14H,11H2,1-4H3,(H2,26,29,30,31). The van der Waals surface area contributed by atoms with Crippen LogP contribution < -0.4 is 20.3 Å². The summed E-state index contributed by atoms with van der Waals surface area (Å²) in [6.45, 7) is 4.77. The second-order valence-electron chi connectivity index (χ2n) is 8.17. The van der Waals surface area contributed by atoms with Crippen LogP contribution in [0.3, 0.4) is 0 Å². The third-order valence-corrected chi connectivity index (χ3v) is 5.77. The number of hydrogen-bond acceptors (Lipinski definition) is 8. The SMILES string of the molecule is CNc1nc(Nc2cnc(-n3cnc(C)c3)c(OC)c2)nc2c1C(C)CN2c1ccc(F)cc1. The highest BCUT2D eigenvalue weighted by atomic mass is 19.1. The predicted octanol–water partition coefficient (Wildman–Crippen LogP) is 4.55. The molecule has 9 nitrogen and oxygen atoms in total. The first-order chi connectivity index (χ1) is 16.5. The molecule has 3 aromatic heterocycles. The number of imidazole rings is 1. The zero-order valence-corrected chi connectivity index (χ0v) is 19.4. The van der Waals surface area contributed by atoms with Crippen molar-refractivity contribution in [1.82, 2.24) is 24.5 Å². The molecule has 0 amide bonds.